The van der Waals surface area contributed by atoms with Gasteiger partial charge < -0.3 is 5.32 Å². The highest BCUT2D eigenvalue weighted by Crippen LogP contribution is 2.29. The summed E-state index contributed by atoms with van der Waals surface area (Å²) < 4.78 is 28.3. The summed E-state index contributed by atoms with van der Waals surface area (Å²) in [5.74, 6) is -0.454. The Labute approximate surface area is 204 Å². The molecule has 0 spiro atoms. The van der Waals surface area contributed by atoms with Crippen molar-refractivity contribution in [2.75, 3.05) is 16.2 Å². The minimum atomic E-state index is -4.03. The number of aryl methyl sites for hydroxylation is 1. The van der Waals surface area contributed by atoms with Crippen LogP contribution in [-0.4, -0.2) is 20.9 Å². The second-order valence-electron chi connectivity index (χ2n) is 7.71. The summed E-state index contributed by atoms with van der Waals surface area (Å²) in [4.78, 5) is 13.2. The van der Waals surface area contributed by atoms with E-state index < -0.39 is 15.9 Å². The summed E-state index contributed by atoms with van der Waals surface area (Å²) in [6.07, 6.45) is 0. The maximum Gasteiger partial charge on any atom is 0.264 e. The lowest BCUT2D eigenvalue weighted by atomic mass is 10.0. The van der Waals surface area contributed by atoms with Crippen molar-refractivity contribution in [3.63, 3.8) is 0 Å². The van der Waals surface area contributed by atoms with Gasteiger partial charge in [-0.05, 0) is 54.4 Å². The Morgan fingerprint density at radius 3 is 2.15 bits per heavy atom. The van der Waals surface area contributed by atoms with E-state index in [0.29, 0.717) is 16.4 Å². The van der Waals surface area contributed by atoms with Crippen LogP contribution >= 0.6 is 11.6 Å². The van der Waals surface area contributed by atoms with E-state index in [2.05, 4.69) is 5.32 Å². The summed E-state index contributed by atoms with van der Waals surface area (Å²) in [5.41, 5.74) is 3.57. The Hall–Kier alpha value is -3.61. The summed E-state index contributed by atoms with van der Waals surface area (Å²) >= 11 is 5.95. The maximum absolute atomic E-state index is 13.6. The van der Waals surface area contributed by atoms with E-state index in [9.17, 15) is 13.2 Å². The fraction of sp³-hybridized carbons (Fsp3) is 0.0741. The number of anilines is 2. The van der Waals surface area contributed by atoms with Crippen LogP contribution in [0.15, 0.2) is 108 Å². The molecule has 0 aliphatic rings. The number of hydrogen-bond acceptors (Lipinski definition) is 3. The number of halogens is 1. The fourth-order valence-corrected chi connectivity index (χ4v) is 5.27. The molecule has 0 aliphatic heterocycles. The van der Waals surface area contributed by atoms with Crippen LogP contribution in [0, 0.1) is 6.92 Å². The highest BCUT2D eigenvalue weighted by atomic mass is 35.5. The second-order valence-corrected chi connectivity index (χ2v) is 10.0. The number of nitrogens with one attached hydrogen (secondary N) is 1. The van der Waals surface area contributed by atoms with Crippen molar-refractivity contribution in [1.29, 1.82) is 0 Å². The molecule has 4 aromatic carbocycles. The molecule has 172 valence electrons. The van der Waals surface area contributed by atoms with Crippen molar-refractivity contribution >= 4 is 38.9 Å². The van der Waals surface area contributed by atoms with Crippen LogP contribution in [0.4, 0.5) is 11.4 Å². The monoisotopic (exact) mass is 490 g/mol. The second kappa shape index (κ2) is 10.1. The lowest BCUT2D eigenvalue weighted by Crippen LogP contribution is -2.38. The van der Waals surface area contributed by atoms with Gasteiger partial charge in [-0.1, -0.05) is 78.3 Å². The molecule has 34 heavy (non-hydrogen) atoms. The third kappa shape index (κ3) is 5.14. The minimum absolute atomic E-state index is 0.0534. The van der Waals surface area contributed by atoms with Crippen LogP contribution in [0.25, 0.3) is 11.1 Å². The zero-order valence-corrected chi connectivity index (χ0v) is 20.1. The third-order valence-corrected chi connectivity index (χ3v) is 7.38. The maximum atomic E-state index is 13.6. The van der Waals surface area contributed by atoms with E-state index in [1.54, 1.807) is 18.2 Å². The first-order valence-electron chi connectivity index (χ1n) is 10.6. The summed E-state index contributed by atoms with van der Waals surface area (Å²) in [5, 5.41) is 3.32. The molecule has 0 saturated heterocycles. The Bertz CT molecular complexity index is 1410. The summed E-state index contributed by atoms with van der Waals surface area (Å²) in [7, 11) is -4.03. The molecule has 4 rings (SSSR count). The minimum Gasteiger partial charge on any atom is -0.324 e. The first-order valence-corrected chi connectivity index (χ1v) is 12.5. The normalized spacial score (nSPS) is 11.1. The van der Waals surface area contributed by atoms with Crippen LogP contribution in [0.5, 0.6) is 0 Å². The number of carbonyl (C=O) groups is 1. The molecule has 0 radical (unpaired) electrons. The van der Waals surface area contributed by atoms with Crippen LogP contribution in [-0.2, 0) is 14.8 Å². The average Bonchev–Trinajstić information content (AvgIpc) is 2.84. The summed E-state index contributed by atoms with van der Waals surface area (Å²) in [6.45, 7) is 1.42. The van der Waals surface area contributed by atoms with E-state index in [1.807, 2.05) is 67.6 Å². The fourth-order valence-electron chi connectivity index (χ4n) is 3.66. The topological polar surface area (TPSA) is 66.5 Å². The molecule has 0 aliphatic carbocycles. The van der Waals surface area contributed by atoms with Gasteiger partial charge in [-0.25, -0.2) is 8.42 Å². The molecule has 1 N–H and O–H groups in total. The molecule has 0 bridgehead atoms. The quantitative estimate of drug-likeness (QED) is 0.338. The number of carbonyl (C=O) groups excluding carboxylic acids is 1. The highest BCUT2D eigenvalue weighted by Gasteiger charge is 2.28. The van der Waals surface area contributed by atoms with Crippen molar-refractivity contribution in [2.24, 2.45) is 0 Å². The molecule has 5 nitrogen and oxygen atoms in total. The number of sulfonamides is 1. The van der Waals surface area contributed by atoms with Gasteiger partial charge in [-0.15, -0.1) is 0 Å². The molecule has 0 atom stereocenters. The van der Waals surface area contributed by atoms with Crippen molar-refractivity contribution in [3.8, 4) is 11.1 Å². The smallest absolute Gasteiger partial charge is 0.264 e. The third-order valence-electron chi connectivity index (χ3n) is 5.36. The van der Waals surface area contributed by atoms with Crippen molar-refractivity contribution in [2.45, 2.75) is 11.8 Å². The predicted octanol–water partition coefficient (Wildman–Crippen LogP) is 6.15. The van der Waals surface area contributed by atoms with Gasteiger partial charge in [0.2, 0.25) is 5.91 Å². The van der Waals surface area contributed by atoms with Gasteiger partial charge in [0.15, 0.2) is 0 Å². The van der Waals surface area contributed by atoms with Crippen molar-refractivity contribution in [3.05, 3.63) is 114 Å². The van der Waals surface area contributed by atoms with Gasteiger partial charge in [-0.3, -0.25) is 9.10 Å². The van der Waals surface area contributed by atoms with E-state index in [1.165, 1.54) is 24.3 Å². The Morgan fingerprint density at radius 1 is 0.824 bits per heavy atom. The number of para-hydroxylation sites is 2. The van der Waals surface area contributed by atoms with Crippen LogP contribution in [0.2, 0.25) is 5.02 Å². The van der Waals surface area contributed by atoms with Gasteiger partial charge in [0, 0.05) is 16.3 Å². The first kappa shape index (κ1) is 23.5. The van der Waals surface area contributed by atoms with Crippen molar-refractivity contribution in [1.82, 2.24) is 0 Å². The highest BCUT2D eigenvalue weighted by molar-refractivity contribution is 7.92. The van der Waals surface area contributed by atoms with Gasteiger partial charge in [0.25, 0.3) is 10.0 Å². The molecule has 0 aromatic heterocycles. The number of hydrogen-bond donors (Lipinski definition) is 1. The molecule has 0 saturated carbocycles. The zero-order chi connectivity index (χ0) is 24.1. The number of nitrogens with zero attached hydrogens (tertiary/aromatic N) is 1. The SMILES string of the molecule is Cc1ccccc1N(CC(=O)Nc1ccccc1-c1ccccc1)S(=O)(=O)c1ccc(Cl)cc1. The molecule has 0 fully saturated rings. The predicted molar refractivity (Wildman–Crippen MR) is 138 cm³/mol. The van der Waals surface area contributed by atoms with E-state index in [4.69, 9.17) is 11.6 Å². The van der Waals surface area contributed by atoms with Crippen LogP contribution < -0.4 is 9.62 Å². The molecule has 1 amide bonds. The Kier molecular flexibility index (Phi) is 7.01. The van der Waals surface area contributed by atoms with Gasteiger partial charge in [-0.2, -0.15) is 0 Å². The van der Waals surface area contributed by atoms with E-state index >= 15 is 0 Å². The average molecular weight is 491 g/mol. The lowest BCUT2D eigenvalue weighted by Gasteiger charge is -2.26. The molecule has 0 heterocycles. The largest absolute Gasteiger partial charge is 0.324 e. The molecular formula is C27H23ClN2O3S. The number of rotatable bonds is 7. The molecule has 7 heteroatoms. The molecule has 4 aromatic rings. The van der Waals surface area contributed by atoms with Gasteiger partial charge in [0.05, 0.1) is 10.6 Å². The standard InChI is InChI=1S/C27H23ClN2O3S/c1-20-9-5-8-14-26(20)30(34(32,33)23-17-15-22(28)16-18-23)19-27(31)29-25-13-7-6-12-24(25)21-10-3-2-4-11-21/h2-18H,19H2,1H3,(H,29,31). The van der Waals surface area contributed by atoms with Gasteiger partial charge in [0.1, 0.15) is 6.54 Å². The number of amides is 1. The summed E-state index contributed by atoms with van der Waals surface area (Å²) in [6, 6.07) is 30.1. The molecular weight excluding hydrogens is 468 g/mol. The zero-order valence-electron chi connectivity index (χ0n) is 18.5. The van der Waals surface area contributed by atoms with Crippen molar-refractivity contribution < 1.29 is 13.2 Å². The van der Waals surface area contributed by atoms with Gasteiger partial charge >= 0.3 is 0 Å². The molecule has 0 unspecified atom stereocenters. The van der Waals surface area contributed by atoms with Crippen LogP contribution in [0.3, 0.4) is 0 Å². The Morgan fingerprint density at radius 2 is 1.44 bits per heavy atom. The first-order chi connectivity index (χ1) is 16.4. The number of benzene rings is 4. The van der Waals surface area contributed by atoms with E-state index in [0.717, 1.165) is 21.0 Å². The lowest BCUT2D eigenvalue weighted by molar-refractivity contribution is -0.114. The van der Waals surface area contributed by atoms with E-state index in [-0.39, 0.29) is 11.4 Å². The van der Waals surface area contributed by atoms with Crippen LogP contribution in [0.1, 0.15) is 5.56 Å². The Balaban J connectivity index is 1.68.